The summed E-state index contributed by atoms with van der Waals surface area (Å²) in [6.07, 6.45) is 4.21. The molecule has 3 atom stereocenters. The Labute approximate surface area is 135 Å². The van der Waals surface area contributed by atoms with Gasteiger partial charge in [0.2, 0.25) is 5.89 Å². The summed E-state index contributed by atoms with van der Waals surface area (Å²) in [5.41, 5.74) is 8.09. The van der Waals surface area contributed by atoms with Crippen molar-refractivity contribution in [2.45, 2.75) is 25.4 Å². The number of fused-ring (bicyclic) bond motifs is 1. The van der Waals surface area contributed by atoms with Crippen LogP contribution in [0.4, 0.5) is 0 Å². The van der Waals surface area contributed by atoms with E-state index in [1.165, 1.54) is 12.8 Å². The molecular weight excluding hydrogens is 298 g/mol. The van der Waals surface area contributed by atoms with E-state index in [1.807, 2.05) is 24.3 Å². The lowest BCUT2D eigenvalue weighted by molar-refractivity contribution is 0.294. The van der Waals surface area contributed by atoms with Crippen molar-refractivity contribution < 1.29 is 4.42 Å². The molecule has 0 bridgehead atoms. The summed E-state index contributed by atoms with van der Waals surface area (Å²) < 4.78 is 5.61. The van der Waals surface area contributed by atoms with Crippen LogP contribution in [-0.4, -0.2) is 29.0 Å². The Morgan fingerprint density at radius 3 is 3.05 bits per heavy atom. The second-order valence-corrected chi connectivity index (χ2v) is 6.95. The van der Waals surface area contributed by atoms with Crippen molar-refractivity contribution in [3.63, 3.8) is 0 Å². The van der Waals surface area contributed by atoms with E-state index in [4.69, 9.17) is 21.8 Å². The van der Waals surface area contributed by atoms with Crippen LogP contribution in [-0.2, 0) is 6.54 Å². The van der Waals surface area contributed by atoms with Crippen LogP contribution in [0.5, 0.6) is 0 Å². The van der Waals surface area contributed by atoms with Crippen molar-refractivity contribution in [2.24, 2.45) is 17.6 Å². The maximum Gasteiger partial charge on any atom is 0.226 e. The standard InChI is InChI=1S/C17H20ClN3O/c18-13-3-1-2-11(6-13)17-20-14(10-22-17)8-21-7-12-4-5-16(19)15(12)9-21/h1-3,6,10,12,15-16H,4-5,7-9,19H2. The number of oxazole rings is 1. The average molecular weight is 318 g/mol. The molecular formula is C17H20ClN3O. The molecule has 0 amide bonds. The minimum Gasteiger partial charge on any atom is -0.444 e. The molecule has 0 radical (unpaired) electrons. The van der Waals surface area contributed by atoms with Crippen molar-refractivity contribution in [1.82, 2.24) is 9.88 Å². The first-order chi connectivity index (χ1) is 10.7. The minimum absolute atomic E-state index is 0.384. The van der Waals surface area contributed by atoms with Gasteiger partial charge >= 0.3 is 0 Å². The summed E-state index contributed by atoms with van der Waals surface area (Å²) in [5, 5.41) is 0.693. The zero-order valence-electron chi connectivity index (χ0n) is 12.4. The molecule has 2 heterocycles. The molecule has 1 saturated carbocycles. The number of nitrogens with zero attached hydrogens (tertiary/aromatic N) is 2. The van der Waals surface area contributed by atoms with Gasteiger partial charge in [0.25, 0.3) is 0 Å². The molecule has 116 valence electrons. The number of hydrogen-bond acceptors (Lipinski definition) is 4. The van der Waals surface area contributed by atoms with Gasteiger partial charge in [-0.2, -0.15) is 0 Å². The van der Waals surface area contributed by atoms with Gasteiger partial charge in [-0.3, -0.25) is 4.90 Å². The molecule has 1 aliphatic heterocycles. The average Bonchev–Trinajstić information content (AvgIpc) is 3.18. The quantitative estimate of drug-likeness (QED) is 0.944. The van der Waals surface area contributed by atoms with Crippen LogP contribution in [0.15, 0.2) is 34.9 Å². The predicted octanol–water partition coefficient (Wildman–Crippen LogP) is 3.16. The van der Waals surface area contributed by atoms with E-state index in [9.17, 15) is 0 Å². The maximum absolute atomic E-state index is 6.20. The zero-order valence-corrected chi connectivity index (χ0v) is 13.2. The fourth-order valence-electron chi connectivity index (χ4n) is 3.89. The number of rotatable bonds is 3. The summed E-state index contributed by atoms with van der Waals surface area (Å²) in [6, 6.07) is 7.97. The van der Waals surface area contributed by atoms with Gasteiger partial charge < -0.3 is 10.2 Å². The minimum atomic E-state index is 0.384. The molecule has 2 N–H and O–H groups in total. The highest BCUT2D eigenvalue weighted by Crippen LogP contribution is 2.37. The number of hydrogen-bond donors (Lipinski definition) is 1. The van der Waals surface area contributed by atoms with Gasteiger partial charge in [-0.25, -0.2) is 4.98 Å². The number of likely N-dealkylation sites (tertiary alicyclic amines) is 1. The van der Waals surface area contributed by atoms with Crippen LogP contribution in [0.25, 0.3) is 11.5 Å². The fourth-order valence-corrected chi connectivity index (χ4v) is 4.08. The molecule has 22 heavy (non-hydrogen) atoms. The highest BCUT2D eigenvalue weighted by Gasteiger charge is 2.40. The van der Waals surface area contributed by atoms with Crippen LogP contribution in [0, 0.1) is 11.8 Å². The third-order valence-electron chi connectivity index (χ3n) is 5.00. The second-order valence-electron chi connectivity index (χ2n) is 6.51. The molecule has 2 aliphatic rings. The van der Waals surface area contributed by atoms with Gasteiger partial charge in [0.15, 0.2) is 0 Å². The molecule has 2 aromatic rings. The number of benzene rings is 1. The van der Waals surface area contributed by atoms with Crippen LogP contribution in [0.1, 0.15) is 18.5 Å². The van der Waals surface area contributed by atoms with E-state index in [2.05, 4.69) is 9.88 Å². The molecule has 1 saturated heterocycles. The molecule has 1 aliphatic carbocycles. The third kappa shape index (κ3) is 2.67. The monoisotopic (exact) mass is 317 g/mol. The SMILES string of the molecule is NC1CCC2CN(Cc3coc(-c4cccc(Cl)c4)n3)CC12. The topological polar surface area (TPSA) is 55.3 Å². The van der Waals surface area contributed by atoms with Gasteiger partial charge in [0.1, 0.15) is 6.26 Å². The van der Waals surface area contributed by atoms with Crippen LogP contribution in [0.2, 0.25) is 5.02 Å². The molecule has 3 unspecified atom stereocenters. The van der Waals surface area contributed by atoms with Crippen molar-refractivity contribution >= 4 is 11.6 Å². The van der Waals surface area contributed by atoms with Crippen LogP contribution in [0.3, 0.4) is 0 Å². The molecule has 4 rings (SSSR count). The Hall–Kier alpha value is -1.36. The predicted molar refractivity (Wildman–Crippen MR) is 86.4 cm³/mol. The highest BCUT2D eigenvalue weighted by atomic mass is 35.5. The fraction of sp³-hybridized carbons (Fsp3) is 0.471. The molecule has 0 spiro atoms. The van der Waals surface area contributed by atoms with Crippen molar-refractivity contribution in [3.8, 4) is 11.5 Å². The highest BCUT2D eigenvalue weighted by molar-refractivity contribution is 6.30. The first kappa shape index (κ1) is 14.2. The molecule has 1 aromatic heterocycles. The largest absolute Gasteiger partial charge is 0.444 e. The van der Waals surface area contributed by atoms with E-state index < -0.39 is 0 Å². The lowest BCUT2D eigenvalue weighted by Gasteiger charge is -2.16. The Morgan fingerprint density at radius 2 is 2.23 bits per heavy atom. The van der Waals surface area contributed by atoms with Gasteiger partial charge in [-0.1, -0.05) is 17.7 Å². The van der Waals surface area contributed by atoms with Gasteiger partial charge in [0.05, 0.1) is 5.69 Å². The van der Waals surface area contributed by atoms with Gasteiger partial charge in [-0.05, 0) is 42.9 Å². The van der Waals surface area contributed by atoms with Crippen molar-refractivity contribution in [3.05, 3.63) is 41.2 Å². The van der Waals surface area contributed by atoms with Gasteiger partial charge in [-0.15, -0.1) is 0 Å². The Balaban J connectivity index is 1.45. The Bertz CT molecular complexity index is 671. The smallest absolute Gasteiger partial charge is 0.226 e. The maximum atomic E-state index is 6.20. The molecule has 4 nitrogen and oxygen atoms in total. The third-order valence-corrected chi connectivity index (χ3v) is 5.23. The molecule has 1 aromatic carbocycles. The van der Waals surface area contributed by atoms with E-state index in [1.54, 1.807) is 6.26 Å². The Morgan fingerprint density at radius 1 is 1.32 bits per heavy atom. The summed E-state index contributed by atoms with van der Waals surface area (Å²) in [5.74, 6) is 2.07. The number of nitrogens with two attached hydrogens (primary N) is 1. The van der Waals surface area contributed by atoms with Crippen molar-refractivity contribution in [2.75, 3.05) is 13.1 Å². The Kier molecular flexibility index (Phi) is 3.68. The summed E-state index contributed by atoms with van der Waals surface area (Å²) >= 11 is 6.02. The number of aromatic nitrogens is 1. The normalized spacial score (nSPS) is 28.2. The lowest BCUT2D eigenvalue weighted by atomic mass is 9.98. The summed E-state index contributed by atoms with van der Waals surface area (Å²) in [4.78, 5) is 7.05. The van der Waals surface area contributed by atoms with E-state index in [0.717, 1.165) is 36.8 Å². The molecule has 5 heteroatoms. The van der Waals surface area contributed by atoms with Crippen molar-refractivity contribution in [1.29, 1.82) is 0 Å². The lowest BCUT2D eigenvalue weighted by Crippen LogP contribution is -2.30. The van der Waals surface area contributed by atoms with Crippen LogP contribution >= 0.6 is 11.6 Å². The van der Waals surface area contributed by atoms with E-state index in [-0.39, 0.29) is 0 Å². The second kappa shape index (κ2) is 5.69. The first-order valence-corrected chi connectivity index (χ1v) is 8.25. The van der Waals surface area contributed by atoms with E-state index in [0.29, 0.717) is 22.9 Å². The summed E-state index contributed by atoms with van der Waals surface area (Å²) in [7, 11) is 0. The van der Waals surface area contributed by atoms with E-state index >= 15 is 0 Å². The summed E-state index contributed by atoms with van der Waals surface area (Å²) in [6.45, 7) is 3.06. The molecule has 2 fully saturated rings. The number of halogens is 1. The first-order valence-electron chi connectivity index (χ1n) is 7.87. The van der Waals surface area contributed by atoms with Crippen LogP contribution < -0.4 is 5.73 Å². The zero-order chi connectivity index (χ0) is 15.1. The van der Waals surface area contributed by atoms with Gasteiger partial charge in [0, 0.05) is 36.3 Å².